The average Bonchev–Trinajstić information content (AvgIpc) is 2.41. The van der Waals surface area contributed by atoms with Gasteiger partial charge >= 0.3 is 6.09 Å². The van der Waals surface area contributed by atoms with Gasteiger partial charge in [0.05, 0.1) is 11.0 Å². The van der Waals surface area contributed by atoms with Crippen LogP contribution < -0.4 is 0 Å². The van der Waals surface area contributed by atoms with E-state index in [9.17, 15) is 19.3 Å². The van der Waals surface area contributed by atoms with Crippen LogP contribution in [0, 0.1) is 22.9 Å². The van der Waals surface area contributed by atoms with E-state index in [0.717, 1.165) is 6.07 Å². The Bertz CT molecular complexity index is 608. The smallest absolute Gasteiger partial charge is 0.407 e. The summed E-state index contributed by atoms with van der Waals surface area (Å²) in [6.07, 6.45) is -0.954. The van der Waals surface area contributed by atoms with Crippen molar-refractivity contribution in [3.05, 3.63) is 39.2 Å². The number of carbonyl (C=O) groups is 1. The molecule has 2 rings (SSSR count). The molecule has 1 N–H and O–H groups in total. The molecule has 1 aliphatic heterocycles. The second kappa shape index (κ2) is 6.27. The number of halogens is 1. The molecule has 22 heavy (non-hydrogen) atoms. The zero-order chi connectivity index (χ0) is 16.4. The van der Waals surface area contributed by atoms with Gasteiger partial charge in [-0.1, -0.05) is 0 Å². The Kier molecular flexibility index (Phi) is 4.60. The lowest BCUT2D eigenvalue weighted by molar-refractivity contribution is -0.385. The first-order chi connectivity index (χ1) is 10.3. The molecule has 1 amide bonds. The number of piperazine rings is 1. The Morgan fingerprint density at radius 2 is 2.18 bits per heavy atom. The summed E-state index contributed by atoms with van der Waals surface area (Å²) >= 11 is 0. The summed E-state index contributed by atoms with van der Waals surface area (Å²) in [7, 11) is 0. The zero-order valence-electron chi connectivity index (χ0n) is 12.5. The Balaban J connectivity index is 2.15. The molecule has 1 aromatic carbocycles. The number of carboxylic acid groups (broad SMARTS) is 1. The highest BCUT2D eigenvalue weighted by Gasteiger charge is 2.28. The molecule has 8 heteroatoms. The van der Waals surface area contributed by atoms with E-state index in [2.05, 4.69) is 0 Å². The third-order valence-corrected chi connectivity index (χ3v) is 4.00. The molecular formula is C14H18FN3O4. The lowest BCUT2D eigenvalue weighted by Crippen LogP contribution is -2.53. The minimum absolute atomic E-state index is 0.171. The van der Waals surface area contributed by atoms with Crippen molar-refractivity contribution in [3.63, 3.8) is 0 Å². The molecule has 0 radical (unpaired) electrons. The number of benzene rings is 1. The monoisotopic (exact) mass is 311 g/mol. The molecule has 0 bridgehead atoms. The number of nitrogens with zero attached hydrogens (tertiary/aromatic N) is 3. The van der Waals surface area contributed by atoms with E-state index in [1.54, 1.807) is 13.8 Å². The third kappa shape index (κ3) is 3.33. The molecule has 0 saturated carbocycles. The minimum Gasteiger partial charge on any atom is -0.465 e. The van der Waals surface area contributed by atoms with Crippen LogP contribution in [0.3, 0.4) is 0 Å². The summed E-state index contributed by atoms with van der Waals surface area (Å²) < 4.78 is 13.6. The minimum atomic E-state index is -0.954. The number of hydrogen-bond acceptors (Lipinski definition) is 4. The molecule has 1 saturated heterocycles. The molecule has 1 aliphatic rings. The van der Waals surface area contributed by atoms with Gasteiger partial charge in [-0.25, -0.2) is 9.18 Å². The van der Waals surface area contributed by atoms with E-state index in [1.807, 2.05) is 4.90 Å². The van der Waals surface area contributed by atoms with Gasteiger partial charge in [-0.05, 0) is 25.5 Å². The normalized spacial score (nSPS) is 19.2. The van der Waals surface area contributed by atoms with Crippen molar-refractivity contribution in [1.29, 1.82) is 0 Å². The van der Waals surface area contributed by atoms with Crippen LogP contribution in [-0.2, 0) is 6.54 Å². The fourth-order valence-corrected chi connectivity index (χ4v) is 2.78. The number of nitro groups is 1. The van der Waals surface area contributed by atoms with Gasteiger partial charge in [0.25, 0.3) is 5.69 Å². The highest BCUT2D eigenvalue weighted by atomic mass is 19.1. The maximum absolute atomic E-state index is 13.6. The highest BCUT2D eigenvalue weighted by Crippen LogP contribution is 2.25. The maximum Gasteiger partial charge on any atom is 0.407 e. The van der Waals surface area contributed by atoms with Crippen molar-refractivity contribution < 1.29 is 19.2 Å². The van der Waals surface area contributed by atoms with E-state index >= 15 is 0 Å². The Labute approximate surface area is 127 Å². The molecule has 0 aliphatic carbocycles. The molecule has 120 valence electrons. The molecule has 1 unspecified atom stereocenters. The van der Waals surface area contributed by atoms with Crippen molar-refractivity contribution in [2.24, 2.45) is 0 Å². The van der Waals surface area contributed by atoms with Crippen LogP contribution in [0.1, 0.15) is 18.1 Å². The van der Waals surface area contributed by atoms with E-state index < -0.39 is 16.8 Å². The fraction of sp³-hybridized carbons (Fsp3) is 0.500. The van der Waals surface area contributed by atoms with Crippen molar-refractivity contribution in [2.75, 3.05) is 19.6 Å². The van der Waals surface area contributed by atoms with Gasteiger partial charge in [-0.15, -0.1) is 0 Å². The van der Waals surface area contributed by atoms with E-state index in [1.165, 1.54) is 11.0 Å². The van der Waals surface area contributed by atoms with Gasteiger partial charge in [0, 0.05) is 37.8 Å². The van der Waals surface area contributed by atoms with Crippen LogP contribution in [-0.4, -0.2) is 51.6 Å². The number of nitro benzene ring substituents is 1. The van der Waals surface area contributed by atoms with Crippen LogP contribution >= 0.6 is 0 Å². The van der Waals surface area contributed by atoms with Crippen LogP contribution in [0.25, 0.3) is 0 Å². The summed E-state index contributed by atoms with van der Waals surface area (Å²) in [4.78, 5) is 24.7. The second-order valence-electron chi connectivity index (χ2n) is 5.53. The molecule has 0 aromatic heterocycles. The summed E-state index contributed by atoms with van der Waals surface area (Å²) in [5.41, 5.74) is 0.773. The van der Waals surface area contributed by atoms with E-state index in [0.29, 0.717) is 37.3 Å². The van der Waals surface area contributed by atoms with Crippen molar-refractivity contribution in [1.82, 2.24) is 9.80 Å². The first-order valence-corrected chi connectivity index (χ1v) is 6.95. The van der Waals surface area contributed by atoms with E-state index in [4.69, 9.17) is 5.11 Å². The quantitative estimate of drug-likeness (QED) is 0.683. The van der Waals surface area contributed by atoms with Crippen molar-refractivity contribution in [3.8, 4) is 0 Å². The largest absolute Gasteiger partial charge is 0.465 e. The molecule has 1 atom stereocenters. The predicted molar refractivity (Wildman–Crippen MR) is 77.3 cm³/mol. The third-order valence-electron chi connectivity index (χ3n) is 4.00. The molecule has 7 nitrogen and oxygen atoms in total. The van der Waals surface area contributed by atoms with Gasteiger partial charge in [0.15, 0.2) is 0 Å². The summed E-state index contributed by atoms with van der Waals surface area (Å²) in [6, 6.07) is 2.05. The van der Waals surface area contributed by atoms with Gasteiger partial charge in [-0.3, -0.25) is 15.0 Å². The van der Waals surface area contributed by atoms with Crippen LogP contribution in [0.4, 0.5) is 14.9 Å². The molecule has 1 heterocycles. The topological polar surface area (TPSA) is 86.9 Å². The SMILES string of the molecule is Cc1c(CN2CCN(C(=O)O)C(C)C2)cc(F)cc1[N+](=O)[O-]. The first-order valence-electron chi connectivity index (χ1n) is 6.95. The van der Waals surface area contributed by atoms with Crippen molar-refractivity contribution in [2.45, 2.75) is 26.4 Å². The standard InChI is InChI=1S/C14H18FN3O4/c1-9-7-16(3-4-17(9)14(19)20)8-11-5-12(15)6-13(10(11)2)18(21)22/h5-6,9H,3-4,7-8H2,1-2H3,(H,19,20). The molecule has 1 fully saturated rings. The maximum atomic E-state index is 13.6. The Morgan fingerprint density at radius 3 is 2.73 bits per heavy atom. The van der Waals surface area contributed by atoms with Gasteiger partial charge in [0.1, 0.15) is 5.82 Å². The first kappa shape index (κ1) is 16.2. The lowest BCUT2D eigenvalue weighted by atomic mass is 10.0. The summed E-state index contributed by atoms with van der Waals surface area (Å²) in [5, 5.41) is 20.0. The van der Waals surface area contributed by atoms with E-state index in [-0.39, 0.29) is 11.7 Å². The fourth-order valence-electron chi connectivity index (χ4n) is 2.78. The molecule has 1 aromatic rings. The summed E-state index contributed by atoms with van der Waals surface area (Å²) in [6.45, 7) is 5.16. The van der Waals surface area contributed by atoms with Crippen LogP contribution in [0.2, 0.25) is 0 Å². The number of amides is 1. The predicted octanol–water partition coefficient (Wildman–Crippen LogP) is 2.23. The van der Waals surface area contributed by atoms with Gasteiger partial charge in [-0.2, -0.15) is 0 Å². The Morgan fingerprint density at radius 1 is 1.50 bits per heavy atom. The van der Waals surface area contributed by atoms with Gasteiger partial charge < -0.3 is 10.0 Å². The number of rotatable bonds is 3. The number of hydrogen-bond donors (Lipinski definition) is 1. The van der Waals surface area contributed by atoms with Crippen molar-refractivity contribution >= 4 is 11.8 Å². The second-order valence-corrected chi connectivity index (χ2v) is 5.53. The average molecular weight is 311 g/mol. The van der Waals surface area contributed by atoms with Crippen LogP contribution in [0.5, 0.6) is 0 Å². The lowest BCUT2D eigenvalue weighted by Gasteiger charge is -2.38. The molecular weight excluding hydrogens is 293 g/mol. The highest BCUT2D eigenvalue weighted by molar-refractivity contribution is 5.65. The molecule has 0 spiro atoms. The summed E-state index contributed by atoms with van der Waals surface area (Å²) in [5.74, 6) is -0.635. The van der Waals surface area contributed by atoms with Crippen LogP contribution in [0.15, 0.2) is 12.1 Å². The van der Waals surface area contributed by atoms with Gasteiger partial charge in [0.2, 0.25) is 0 Å². The Hall–Kier alpha value is -2.22. The zero-order valence-corrected chi connectivity index (χ0v) is 12.5.